The van der Waals surface area contributed by atoms with Gasteiger partial charge in [0.25, 0.3) is 5.56 Å². The molecular weight excluding hydrogens is 735 g/mol. The van der Waals surface area contributed by atoms with E-state index in [2.05, 4.69) is 32.2 Å². The van der Waals surface area contributed by atoms with Gasteiger partial charge in [0.05, 0.1) is 46.9 Å². The van der Waals surface area contributed by atoms with Crippen LogP contribution in [-0.2, 0) is 43.9 Å². The molecule has 2 bridgehead atoms. The molecule has 0 radical (unpaired) electrons. The highest BCUT2D eigenvalue weighted by atomic mass is 35.5. The smallest absolute Gasteiger partial charge is 0.386 e. The van der Waals surface area contributed by atoms with E-state index in [0.29, 0.717) is 11.0 Å². The first-order valence-electron chi connectivity index (χ1n) is 13.2. The van der Waals surface area contributed by atoms with Crippen molar-refractivity contribution < 1.29 is 47.2 Å². The van der Waals surface area contributed by atoms with E-state index in [0.717, 1.165) is 0 Å². The van der Waals surface area contributed by atoms with Crippen molar-refractivity contribution in [1.82, 2.24) is 29.1 Å². The third-order valence-electron chi connectivity index (χ3n) is 7.55. The predicted octanol–water partition coefficient (Wildman–Crippen LogP) is 1.65. The van der Waals surface area contributed by atoms with Crippen LogP contribution in [0.2, 0.25) is 10.0 Å². The number of aromatic nitrogens is 6. The number of ether oxygens (including phenoxy) is 2. The average molecular weight is 758 g/mol. The number of H-pyrrole nitrogens is 1. The summed E-state index contributed by atoms with van der Waals surface area (Å²) in [6.45, 7) is -9.65. The minimum atomic E-state index is -4.33. The topological polar surface area (TPSA) is 241 Å². The van der Waals surface area contributed by atoms with Gasteiger partial charge in [0.15, 0.2) is 23.6 Å². The number of anilines is 1. The summed E-state index contributed by atoms with van der Waals surface area (Å²) in [5.74, 6) is -0.215. The van der Waals surface area contributed by atoms with Crippen molar-refractivity contribution in [2.75, 3.05) is 18.9 Å². The maximum Gasteiger partial charge on any atom is 0.386 e. The molecule has 3 aliphatic heterocycles. The summed E-state index contributed by atoms with van der Waals surface area (Å²) in [7, 11) is 0. The number of nitrogens with two attached hydrogens (primary N) is 1. The molecule has 3 aromatic heterocycles. The van der Waals surface area contributed by atoms with Crippen LogP contribution in [0.1, 0.15) is 12.5 Å². The first kappa shape index (κ1) is 32.8. The zero-order valence-electron chi connectivity index (χ0n) is 22.8. The number of aromatic amines is 1. The van der Waals surface area contributed by atoms with Crippen LogP contribution < -0.4 is 11.3 Å². The van der Waals surface area contributed by atoms with Crippen molar-refractivity contribution in [1.29, 1.82) is 0 Å². The van der Waals surface area contributed by atoms with Gasteiger partial charge < -0.3 is 39.4 Å². The van der Waals surface area contributed by atoms with Gasteiger partial charge in [-0.2, -0.15) is 4.98 Å². The van der Waals surface area contributed by atoms with Gasteiger partial charge in [-0.1, -0.05) is 35.5 Å². The summed E-state index contributed by atoms with van der Waals surface area (Å²) in [5, 5.41) is 23.0. The minimum absolute atomic E-state index is 0.0229. The normalized spacial score (nSPS) is 37.2. The van der Waals surface area contributed by atoms with Crippen LogP contribution in [0, 0.1) is 0 Å². The number of halogens is 2. The number of aliphatic hydroxyl groups is 2. The van der Waals surface area contributed by atoms with Gasteiger partial charge in [0.2, 0.25) is 5.95 Å². The van der Waals surface area contributed by atoms with E-state index in [4.69, 9.17) is 68.3 Å². The Balaban J connectivity index is 1.21. The number of nitrogens with one attached hydrogen (secondary N) is 1. The molecule has 0 saturated carbocycles. The first-order valence-corrected chi connectivity index (χ1v) is 19.3. The number of benzene rings is 1. The number of hydrogen-bond acceptors (Lipinski definition) is 15. The highest BCUT2D eigenvalue weighted by Gasteiger charge is 2.52. The summed E-state index contributed by atoms with van der Waals surface area (Å²) in [6.07, 6.45) is -8.30. The van der Waals surface area contributed by atoms with E-state index in [1.54, 1.807) is 0 Å². The maximum atomic E-state index is 13.4. The fourth-order valence-corrected chi connectivity index (χ4v) is 8.69. The van der Waals surface area contributed by atoms with Crippen LogP contribution in [0.15, 0.2) is 29.6 Å². The highest BCUT2D eigenvalue weighted by molar-refractivity contribution is 8.44. The molecule has 0 aliphatic carbocycles. The zero-order valence-corrected chi connectivity index (χ0v) is 27.8. The predicted molar refractivity (Wildman–Crippen MR) is 167 cm³/mol. The average Bonchev–Trinajstić information content (AvgIpc) is 3.72. The molecule has 18 nitrogen and oxygen atoms in total. The van der Waals surface area contributed by atoms with Crippen molar-refractivity contribution in [3.63, 3.8) is 0 Å². The van der Waals surface area contributed by atoms with Gasteiger partial charge in [0.1, 0.15) is 36.6 Å². The van der Waals surface area contributed by atoms with E-state index < -0.39 is 81.4 Å². The van der Waals surface area contributed by atoms with Crippen molar-refractivity contribution >= 4 is 88.9 Å². The lowest BCUT2D eigenvalue weighted by Crippen LogP contribution is -2.36. The van der Waals surface area contributed by atoms with E-state index in [9.17, 15) is 24.5 Å². The first-order chi connectivity index (χ1) is 21.7. The van der Waals surface area contributed by atoms with E-state index in [1.807, 2.05) is 0 Å². The standard InChI is InChI=1S/C22H23Cl2N7O11P2S2/c23-7-1-9-10(2-8(7)24)30(5-26-9)21-17-14(32)11(39-21)3-37-43(35,45)41-16-12(4-38-44(36,46)42-17)40-20(15(16)33)31-6-27-13-18(31)28-22(25)29-19(13)34/h1-2,5-6,11-12,14-17,20-21,32-33H,3-4H2,(H,35,45)(H,36,46)(H3,25,28,29,34)/t11-,12-,14?,15?,16?,17?,20-,21-,43?,44?/m1/s1. The molecule has 0 amide bonds. The number of nitrogen functional groups attached to an aromatic ring is 1. The molecule has 7 rings (SSSR count). The van der Waals surface area contributed by atoms with Gasteiger partial charge in [-0.05, 0) is 23.9 Å². The second-order valence-corrected chi connectivity index (χ2v) is 16.9. The molecule has 4 aromatic rings. The molecule has 6 unspecified atom stereocenters. The molecule has 10 atom stereocenters. The Bertz CT molecular complexity index is 2000. The van der Waals surface area contributed by atoms with Crippen molar-refractivity contribution in [2.24, 2.45) is 0 Å². The number of aliphatic hydroxyl groups excluding tert-OH is 2. The number of hydrogen-bond donors (Lipinski definition) is 6. The van der Waals surface area contributed by atoms with E-state index in [1.165, 1.54) is 33.9 Å². The minimum Gasteiger partial charge on any atom is -0.387 e. The SMILES string of the molecule is Nc1nc2c(ncn2[C@@H]2O[C@@H]3COP(O)(=S)OC4C(O)[C@@H](COP(=O)(S)OC3C2O)O[C@H]4n2cnc3cc(Cl)c(Cl)cc32)c(=O)[nH]1. The second-order valence-electron chi connectivity index (χ2n) is 10.5. The zero-order chi connectivity index (χ0) is 32.7. The fraction of sp³-hybridized carbons (Fsp3) is 0.455. The Morgan fingerprint density at radius 2 is 1.70 bits per heavy atom. The third-order valence-corrected chi connectivity index (χ3v) is 11.4. The van der Waals surface area contributed by atoms with Crippen LogP contribution >= 0.6 is 49.0 Å². The number of imidazole rings is 2. The molecule has 1 aromatic carbocycles. The monoisotopic (exact) mass is 757 g/mol. The molecule has 46 heavy (non-hydrogen) atoms. The van der Waals surface area contributed by atoms with Crippen molar-refractivity contribution in [3.8, 4) is 0 Å². The Morgan fingerprint density at radius 1 is 1.00 bits per heavy atom. The summed E-state index contributed by atoms with van der Waals surface area (Å²) in [5.41, 5.74) is 5.84. The summed E-state index contributed by atoms with van der Waals surface area (Å²) >= 11 is 21.7. The highest BCUT2D eigenvalue weighted by Crippen LogP contribution is 2.58. The van der Waals surface area contributed by atoms with E-state index in [-0.39, 0.29) is 27.2 Å². The molecule has 3 fully saturated rings. The molecule has 3 aliphatic rings. The van der Waals surface area contributed by atoms with Crippen molar-refractivity contribution in [2.45, 2.75) is 49.1 Å². The van der Waals surface area contributed by atoms with E-state index >= 15 is 0 Å². The lowest BCUT2D eigenvalue weighted by Gasteiger charge is -2.27. The van der Waals surface area contributed by atoms with Crippen LogP contribution in [0.5, 0.6) is 0 Å². The van der Waals surface area contributed by atoms with Crippen molar-refractivity contribution in [3.05, 3.63) is 45.2 Å². The van der Waals surface area contributed by atoms with Gasteiger partial charge in [-0.15, -0.1) is 0 Å². The summed E-state index contributed by atoms with van der Waals surface area (Å²) in [4.78, 5) is 38.1. The van der Waals surface area contributed by atoms with Crippen LogP contribution in [0.4, 0.5) is 5.95 Å². The Hall–Kier alpha value is -1.71. The molecule has 6 N–H and O–H groups in total. The summed E-state index contributed by atoms with van der Waals surface area (Å²) in [6, 6.07) is 3.07. The van der Waals surface area contributed by atoms with Gasteiger partial charge in [-0.3, -0.25) is 27.9 Å². The van der Waals surface area contributed by atoms with Gasteiger partial charge >= 0.3 is 13.5 Å². The van der Waals surface area contributed by atoms with Gasteiger partial charge in [0, 0.05) is 0 Å². The molecule has 248 valence electrons. The van der Waals surface area contributed by atoms with Crippen LogP contribution in [0.25, 0.3) is 22.2 Å². The molecule has 3 saturated heterocycles. The largest absolute Gasteiger partial charge is 0.387 e. The lowest BCUT2D eigenvalue weighted by molar-refractivity contribution is -0.0593. The summed E-state index contributed by atoms with van der Waals surface area (Å²) < 4.78 is 50.7. The Labute approximate surface area is 277 Å². The van der Waals surface area contributed by atoms with Crippen LogP contribution in [-0.4, -0.2) is 94.0 Å². The van der Waals surface area contributed by atoms with Gasteiger partial charge in [-0.25, -0.2) is 14.5 Å². The Kier molecular flexibility index (Phi) is 8.57. The maximum absolute atomic E-state index is 13.4. The van der Waals surface area contributed by atoms with Crippen LogP contribution in [0.3, 0.4) is 0 Å². The second kappa shape index (κ2) is 12.0. The number of fused-ring (bicyclic) bond motifs is 5. The molecule has 24 heteroatoms. The third kappa shape index (κ3) is 5.93. The number of nitrogens with zero attached hydrogens (tertiary/aromatic N) is 5. The quantitative estimate of drug-likeness (QED) is 0.126. The molecular formula is C22H23Cl2N7O11P2S2. The fourth-order valence-electron chi connectivity index (χ4n) is 5.47. The number of thiol groups is 1. The molecule has 0 spiro atoms. The lowest BCUT2D eigenvalue weighted by atomic mass is 10.1. The number of rotatable bonds is 2. The molecule has 6 heterocycles. The Morgan fingerprint density at radius 3 is 2.48 bits per heavy atom.